The summed E-state index contributed by atoms with van der Waals surface area (Å²) in [6, 6.07) is 2.99. The molecular weight excluding hydrogens is 185 g/mol. The van der Waals surface area contributed by atoms with Crippen LogP contribution < -0.4 is 5.73 Å². The largest absolute Gasteiger partial charge is 0.508 e. The number of phenolic OH excluding ortho intramolecular Hbond substituents is 1. The molecule has 2 nitrogen and oxygen atoms in total. The number of aromatic hydroxyl groups is 1. The topological polar surface area (TPSA) is 46.2 Å². The van der Waals surface area contributed by atoms with Crippen LogP contribution in [0.2, 0.25) is 10.0 Å². The van der Waals surface area contributed by atoms with Crippen LogP contribution in [0.3, 0.4) is 0 Å². The van der Waals surface area contributed by atoms with Crippen LogP contribution in [-0.4, -0.2) is 5.11 Å². The molecular formula is C7H7Cl2NO. The highest BCUT2D eigenvalue weighted by molar-refractivity contribution is 6.42. The summed E-state index contributed by atoms with van der Waals surface area (Å²) in [5.74, 6) is 0.0851. The fourth-order valence-electron chi connectivity index (χ4n) is 0.777. The lowest BCUT2D eigenvalue weighted by Gasteiger charge is -2.04. The first kappa shape index (κ1) is 8.65. The molecule has 0 aromatic heterocycles. The summed E-state index contributed by atoms with van der Waals surface area (Å²) in [5, 5.41) is 9.93. The quantitative estimate of drug-likeness (QED) is 0.715. The summed E-state index contributed by atoms with van der Waals surface area (Å²) in [7, 11) is 0. The minimum Gasteiger partial charge on any atom is -0.508 e. The van der Waals surface area contributed by atoms with E-state index in [1.165, 1.54) is 12.1 Å². The van der Waals surface area contributed by atoms with Gasteiger partial charge in [-0.1, -0.05) is 23.2 Å². The molecule has 0 aliphatic rings. The van der Waals surface area contributed by atoms with Crippen LogP contribution >= 0.6 is 23.2 Å². The first-order valence-electron chi connectivity index (χ1n) is 3.02. The van der Waals surface area contributed by atoms with Gasteiger partial charge in [-0.25, -0.2) is 0 Å². The molecule has 0 amide bonds. The van der Waals surface area contributed by atoms with Gasteiger partial charge in [-0.15, -0.1) is 0 Å². The zero-order valence-corrected chi connectivity index (χ0v) is 7.15. The van der Waals surface area contributed by atoms with Crippen molar-refractivity contribution in [3.8, 4) is 5.75 Å². The van der Waals surface area contributed by atoms with Crippen LogP contribution in [0, 0.1) is 0 Å². The molecule has 0 unspecified atom stereocenters. The van der Waals surface area contributed by atoms with Crippen molar-refractivity contribution in [2.75, 3.05) is 0 Å². The summed E-state index contributed by atoms with van der Waals surface area (Å²) in [6.45, 7) is 0.186. The van der Waals surface area contributed by atoms with Crippen molar-refractivity contribution in [1.29, 1.82) is 0 Å². The van der Waals surface area contributed by atoms with E-state index in [-0.39, 0.29) is 12.3 Å². The maximum atomic E-state index is 9.19. The highest BCUT2D eigenvalue weighted by atomic mass is 35.5. The second kappa shape index (κ2) is 3.30. The molecule has 0 fully saturated rings. The maximum absolute atomic E-state index is 9.19. The van der Waals surface area contributed by atoms with Crippen molar-refractivity contribution in [1.82, 2.24) is 0 Å². The van der Waals surface area contributed by atoms with E-state index >= 15 is 0 Å². The Kier molecular flexibility index (Phi) is 2.60. The van der Waals surface area contributed by atoms with Gasteiger partial charge in [0.05, 0.1) is 10.0 Å². The third kappa shape index (κ3) is 1.59. The molecule has 60 valence electrons. The highest BCUT2D eigenvalue weighted by Gasteiger charge is 2.07. The van der Waals surface area contributed by atoms with E-state index in [9.17, 15) is 5.11 Å². The first-order valence-corrected chi connectivity index (χ1v) is 3.78. The van der Waals surface area contributed by atoms with E-state index < -0.39 is 0 Å². The summed E-state index contributed by atoms with van der Waals surface area (Å²) < 4.78 is 0. The molecule has 0 aliphatic heterocycles. The smallest absolute Gasteiger partial charge is 0.121 e. The van der Waals surface area contributed by atoms with Crippen molar-refractivity contribution in [3.05, 3.63) is 27.7 Å². The molecule has 1 aromatic carbocycles. The number of phenols is 1. The molecule has 4 heteroatoms. The standard InChI is InChI=1S/C7H7Cl2NO/c8-5-1-2-6(11)4(3-10)7(5)9/h1-2,11H,3,10H2. The fourth-order valence-corrected chi connectivity index (χ4v) is 1.19. The van der Waals surface area contributed by atoms with Gasteiger partial charge in [-0.2, -0.15) is 0 Å². The third-order valence-corrected chi connectivity index (χ3v) is 2.22. The highest BCUT2D eigenvalue weighted by Crippen LogP contribution is 2.31. The van der Waals surface area contributed by atoms with Crippen molar-refractivity contribution in [2.45, 2.75) is 6.54 Å². The Morgan fingerprint density at radius 2 is 2.00 bits per heavy atom. The molecule has 0 radical (unpaired) electrons. The number of hydrogen-bond acceptors (Lipinski definition) is 2. The lowest BCUT2D eigenvalue weighted by atomic mass is 10.2. The average molecular weight is 192 g/mol. The zero-order chi connectivity index (χ0) is 8.43. The van der Waals surface area contributed by atoms with Crippen LogP contribution in [0.15, 0.2) is 12.1 Å². The van der Waals surface area contributed by atoms with E-state index in [1.54, 1.807) is 0 Å². The van der Waals surface area contributed by atoms with Crippen LogP contribution in [-0.2, 0) is 6.54 Å². The molecule has 1 rings (SSSR count). The molecule has 0 bridgehead atoms. The summed E-state index contributed by atoms with van der Waals surface area (Å²) in [4.78, 5) is 0. The number of benzene rings is 1. The Morgan fingerprint density at radius 3 is 2.45 bits per heavy atom. The molecule has 0 spiro atoms. The molecule has 0 heterocycles. The minimum absolute atomic E-state index is 0.0851. The molecule has 0 aliphatic carbocycles. The van der Waals surface area contributed by atoms with Gasteiger partial charge in [0.1, 0.15) is 5.75 Å². The molecule has 0 saturated carbocycles. The number of nitrogens with two attached hydrogens (primary N) is 1. The monoisotopic (exact) mass is 191 g/mol. The fraction of sp³-hybridized carbons (Fsp3) is 0.143. The van der Waals surface area contributed by atoms with E-state index in [0.717, 1.165) is 0 Å². The van der Waals surface area contributed by atoms with Crippen molar-refractivity contribution in [3.63, 3.8) is 0 Å². The van der Waals surface area contributed by atoms with Crippen LogP contribution in [0.1, 0.15) is 5.56 Å². The Morgan fingerprint density at radius 1 is 1.36 bits per heavy atom. The predicted molar refractivity (Wildman–Crippen MR) is 46.0 cm³/mol. The van der Waals surface area contributed by atoms with Crippen molar-refractivity contribution < 1.29 is 5.11 Å². The SMILES string of the molecule is NCc1c(O)ccc(Cl)c1Cl. The van der Waals surface area contributed by atoms with Gasteiger partial charge in [0.15, 0.2) is 0 Å². The first-order chi connectivity index (χ1) is 5.16. The molecule has 1 aromatic rings. The van der Waals surface area contributed by atoms with E-state index in [4.69, 9.17) is 28.9 Å². The molecule has 11 heavy (non-hydrogen) atoms. The number of hydrogen-bond donors (Lipinski definition) is 2. The van der Waals surface area contributed by atoms with E-state index in [1.807, 2.05) is 0 Å². The van der Waals surface area contributed by atoms with Crippen molar-refractivity contribution >= 4 is 23.2 Å². The molecule has 0 atom stereocenters. The second-order valence-corrected chi connectivity index (χ2v) is 2.85. The Balaban J connectivity index is 3.29. The maximum Gasteiger partial charge on any atom is 0.121 e. The third-order valence-electron chi connectivity index (χ3n) is 1.38. The van der Waals surface area contributed by atoms with Crippen molar-refractivity contribution in [2.24, 2.45) is 5.73 Å². The normalized spacial score (nSPS) is 10.1. The van der Waals surface area contributed by atoms with Gasteiger partial charge in [-0.05, 0) is 12.1 Å². The lowest BCUT2D eigenvalue weighted by molar-refractivity contribution is 0.468. The summed E-state index contributed by atoms with van der Waals surface area (Å²) in [6.07, 6.45) is 0. The van der Waals surface area contributed by atoms with Gasteiger partial charge in [0.25, 0.3) is 0 Å². The Bertz CT molecular complexity index is 275. The van der Waals surface area contributed by atoms with Crippen LogP contribution in [0.4, 0.5) is 0 Å². The Hall–Kier alpha value is -0.440. The molecule has 3 N–H and O–H groups in total. The summed E-state index contributed by atoms with van der Waals surface area (Å²) in [5.41, 5.74) is 5.80. The average Bonchev–Trinajstić information content (AvgIpc) is 1.99. The van der Waals surface area contributed by atoms with Gasteiger partial charge in [-0.3, -0.25) is 0 Å². The van der Waals surface area contributed by atoms with Gasteiger partial charge in [0, 0.05) is 12.1 Å². The van der Waals surface area contributed by atoms with E-state index in [0.29, 0.717) is 15.6 Å². The zero-order valence-electron chi connectivity index (χ0n) is 5.64. The van der Waals surface area contributed by atoms with Gasteiger partial charge >= 0.3 is 0 Å². The lowest BCUT2D eigenvalue weighted by Crippen LogP contribution is -1.97. The van der Waals surface area contributed by atoms with Crippen LogP contribution in [0.5, 0.6) is 5.75 Å². The second-order valence-electron chi connectivity index (χ2n) is 2.06. The number of rotatable bonds is 1. The van der Waals surface area contributed by atoms with Gasteiger partial charge < -0.3 is 10.8 Å². The predicted octanol–water partition coefficient (Wildman–Crippen LogP) is 2.16. The Labute approximate surface area is 74.5 Å². The van der Waals surface area contributed by atoms with Gasteiger partial charge in [0.2, 0.25) is 0 Å². The number of halogens is 2. The van der Waals surface area contributed by atoms with Crippen LogP contribution in [0.25, 0.3) is 0 Å². The summed E-state index contributed by atoms with van der Waals surface area (Å²) >= 11 is 11.4. The molecule has 0 saturated heterocycles. The minimum atomic E-state index is 0.0851. The van der Waals surface area contributed by atoms with E-state index in [2.05, 4.69) is 0 Å².